The standard InChI is InChI=1S/C26H26N2OS2/c1-18(2)22-10-7-11-23-25(22)27-26(31-23)28(16-20-8-5-4-6-9-20)24(29)17-30-21-14-12-19(3)13-15-21/h4-15,18H,16-17H2,1-3H3. The summed E-state index contributed by atoms with van der Waals surface area (Å²) in [5.74, 6) is 0.830. The Morgan fingerprint density at radius 3 is 2.45 bits per heavy atom. The molecule has 0 unspecified atom stereocenters. The summed E-state index contributed by atoms with van der Waals surface area (Å²) in [7, 11) is 0. The fourth-order valence-corrected chi connectivity index (χ4v) is 5.22. The van der Waals surface area contributed by atoms with Gasteiger partial charge in [-0.15, -0.1) is 11.8 Å². The van der Waals surface area contributed by atoms with Gasteiger partial charge < -0.3 is 0 Å². The summed E-state index contributed by atoms with van der Waals surface area (Å²) in [6.45, 7) is 6.95. The van der Waals surface area contributed by atoms with Crippen molar-refractivity contribution in [1.82, 2.24) is 4.98 Å². The molecule has 5 heteroatoms. The number of anilines is 1. The van der Waals surface area contributed by atoms with E-state index in [1.807, 2.05) is 23.1 Å². The third-order valence-electron chi connectivity index (χ3n) is 5.16. The largest absolute Gasteiger partial charge is 0.283 e. The number of amides is 1. The van der Waals surface area contributed by atoms with E-state index in [9.17, 15) is 4.79 Å². The molecule has 0 saturated heterocycles. The third-order valence-corrected chi connectivity index (χ3v) is 7.20. The van der Waals surface area contributed by atoms with Crippen LogP contribution in [0.3, 0.4) is 0 Å². The number of para-hydroxylation sites is 1. The maximum absolute atomic E-state index is 13.4. The summed E-state index contributed by atoms with van der Waals surface area (Å²) in [5.41, 5.74) is 4.55. The molecule has 3 nitrogen and oxygen atoms in total. The lowest BCUT2D eigenvalue weighted by Gasteiger charge is -2.20. The van der Waals surface area contributed by atoms with Crippen LogP contribution in [0, 0.1) is 6.92 Å². The van der Waals surface area contributed by atoms with E-state index in [1.54, 1.807) is 23.1 Å². The zero-order chi connectivity index (χ0) is 21.8. The molecule has 0 aliphatic carbocycles. The zero-order valence-electron chi connectivity index (χ0n) is 18.0. The number of aryl methyl sites for hydroxylation is 1. The van der Waals surface area contributed by atoms with Crippen molar-refractivity contribution >= 4 is 44.4 Å². The number of carbonyl (C=O) groups is 1. The van der Waals surface area contributed by atoms with Crippen LogP contribution in [0.1, 0.15) is 36.5 Å². The molecule has 31 heavy (non-hydrogen) atoms. The Hall–Kier alpha value is -2.63. The van der Waals surface area contributed by atoms with Crippen molar-refractivity contribution in [3.05, 3.63) is 89.5 Å². The first kappa shape index (κ1) is 21.6. The number of benzene rings is 3. The second kappa shape index (κ2) is 9.67. The van der Waals surface area contributed by atoms with Crippen LogP contribution in [0.25, 0.3) is 10.2 Å². The molecule has 0 radical (unpaired) electrons. The van der Waals surface area contributed by atoms with Gasteiger partial charge in [-0.05, 0) is 42.2 Å². The predicted octanol–water partition coefficient (Wildman–Crippen LogP) is 7.05. The van der Waals surface area contributed by atoms with Crippen LogP contribution in [0.5, 0.6) is 0 Å². The van der Waals surface area contributed by atoms with Gasteiger partial charge in [0, 0.05) is 4.90 Å². The second-order valence-corrected chi connectivity index (χ2v) is 9.97. The lowest BCUT2D eigenvalue weighted by Crippen LogP contribution is -2.31. The van der Waals surface area contributed by atoms with Crippen molar-refractivity contribution in [2.75, 3.05) is 10.7 Å². The maximum Gasteiger partial charge on any atom is 0.239 e. The first-order valence-corrected chi connectivity index (χ1v) is 12.2. The van der Waals surface area contributed by atoms with Crippen LogP contribution in [-0.4, -0.2) is 16.6 Å². The first-order chi connectivity index (χ1) is 15.0. The molecule has 0 saturated carbocycles. The molecule has 1 heterocycles. The van der Waals surface area contributed by atoms with Crippen molar-refractivity contribution in [1.29, 1.82) is 0 Å². The predicted molar refractivity (Wildman–Crippen MR) is 133 cm³/mol. The Kier molecular flexibility index (Phi) is 6.73. The number of hydrogen-bond donors (Lipinski definition) is 0. The van der Waals surface area contributed by atoms with Gasteiger partial charge in [0.2, 0.25) is 5.91 Å². The number of carbonyl (C=O) groups excluding carboxylic acids is 1. The quantitative estimate of drug-likeness (QED) is 0.285. The molecule has 4 rings (SSSR count). The van der Waals surface area contributed by atoms with E-state index in [4.69, 9.17) is 4.98 Å². The maximum atomic E-state index is 13.4. The van der Waals surface area contributed by atoms with Gasteiger partial charge >= 0.3 is 0 Å². The van der Waals surface area contributed by atoms with Crippen molar-refractivity contribution < 1.29 is 4.79 Å². The van der Waals surface area contributed by atoms with Gasteiger partial charge in [0.25, 0.3) is 0 Å². The summed E-state index contributed by atoms with van der Waals surface area (Å²) in [6, 6.07) is 24.7. The van der Waals surface area contributed by atoms with Gasteiger partial charge in [0.1, 0.15) is 0 Å². The van der Waals surface area contributed by atoms with Crippen molar-refractivity contribution in [3.63, 3.8) is 0 Å². The average molecular weight is 447 g/mol. The fourth-order valence-electron chi connectivity index (χ4n) is 3.43. The Morgan fingerprint density at radius 1 is 1.00 bits per heavy atom. The van der Waals surface area contributed by atoms with Crippen LogP contribution in [0.2, 0.25) is 0 Å². The Labute approximate surface area is 192 Å². The van der Waals surface area contributed by atoms with Gasteiger partial charge in [0.15, 0.2) is 5.13 Å². The SMILES string of the molecule is Cc1ccc(SCC(=O)N(Cc2ccccc2)c2nc3c(C(C)C)cccc3s2)cc1. The molecule has 0 spiro atoms. The van der Waals surface area contributed by atoms with Gasteiger partial charge in [-0.25, -0.2) is 4.98 Å². The van der Waals surface area contributed by atoms with E-state index in [0.29, 0.717) is 18.2 Å². The van der Waals surface area contributed by atoms with Gasteiger partial charge in [0.05, 0.1) is 22.5 Å². The van der Waals surface area contributed by atoms with E-state index in [2.05, 4.69) is 75.4 Å². The molecule has 0 N–H and O–H groups in total. The summed E-state index contributed by atoms with van der Waals surface area (Å²) < 4.78 is 1.12. The summed E-state index contributed by atoms with van der Waals surface area (Å²) in [5, 5.41) is 0.765. The van der Waals surface area contributed by atoms with E-state index in [1.165, 1.54) is 11.1 Å². The minimum absolute atomic E-state index is 0.0691. The summed E-state index contributed by atoms with van der Waals surface area (Å²) in [4.78, 5) is 21.2. The Balaban J connectivity index is 1.64. The first-order valence-electron chi connectivity index (χ1n) is 10.4. The molecule has 0 atom stereocenters. The number of rotatable bonds is 7. The number of thioether (sulfide) groups is 1. The Morgan fingerprint density at radius 2 is 1.74 bits per heavy atom. The Bertz CT molecular complexity index is 1170. The molecule has 158 valence electrons. The molecule has 4 aromatic rings. The smallest absolute Gasteiger partial charge is 0.239 e. The molecule has 1 aromatic heterocycles. The molecule has 0 aliphatic heterocycles. The molecule has 0 bridgehead atoms. The average Bonchev–Trinajstić information content (AvgIpc) is 3.21. The number of fused-ring (bicyclic) bond motifs is 1. The minimum Gasteiger partial charge on any atom is -0.283 e. The third kappa shape index (κ3) is 5.17. The monoisotopic (exact) mass is 446 g/mol. The van der Waals surface area contributed by atoms with Crippen molar-refractivity contribution in [3.8, 4) is 0 Å². The lowest BCUT2D eigenvalue weighted by molar-refractivity contribution is -0.116. The number of thiazole rings is 1. The van der Waals surface area contributed by atoms with Crippen LogP contribution >= 0.6 is 23.1 Å². The second-order valence-electron chi connectivity index (χ2n) is 7.91. The normalized spacial score (nSPS) is 11.2. The van der Waals surface area contributed by atoms with Gasteiger partial charge in [-0.3, -0.25) is 9.69 Å². The zero-order valence-corrected chi connectivity index (χ0v) is 19.7. The van der Waals surface area contributed by atoms with Crippen molar-refractivity contribution in [2.45, 2.75) is 38.1 Å². The number of aromatic nitrogens is 1. The van der Waals surface area contributed by atoms with E-state index in [0.717, 1.165) is 25.8 Å². The molecular formula is C26H26N2OS2. The summed E-state index contributed by atoms with van der Waals surface area (Å²) in [6.07, 6.45) is 0. The fraction of sp³-hybridized carbons (Fsp3) is 0.231. The highest BCUT2D eigenvalue weighted by molar-refractivity contribution is 8.00. The van der Waals surface area contributed by atoms with E-state index >= 15 is 0 Å². The highest BCUT2D eigenvalue weighted by Crippen LogP contribution is 2.34. The van der Waals surface area contributed by atoms with Gasteiger partial charge in [-0.2, -0.15) is 0 Å². The molecule has 1 amide bonds. The highest BCUT2D eigenvalue weighted by Gasteiger charge is 2.21. The molecule has 0 fully saturated rings. The van der Waals surface area contributed by atoms with Crippen LogP contribution < -0.4 is 4.90 Å². The van der Waals surface area contributed by atoms with Gasteiger partial charge in [-0.1, -0.05) is 85.3 Å². The van der Waals surface area contributed by atoms with Crippen LogP contribution in [-0.2, 0) is 11.3 Å². The van der Waals surface area contributed by atoms with E-state index < -0.39 is 0 Å². The number of nitrogens with zero attached hydrogens (tertiary/aromatic N) is 2. The number of hydrogen-bond acceptors (Lipinski definition) is 4. The lowest BCUT2D eigenvalue weighted by atomic mass is 10.0. The molecular weight excluding hydrogens is 420 g/mol. The topological polar surface area (TPSA) is 33.2 Å². The van der Waals surface area contributed by atoms with Crippen LogP contribution in [0.4, 0.5) is 5.13 Å². The molecule has 0 aliphatic rings. The van der Waals surface area contributed by atoms with Crippen LogP contribution in [0.15, 0.2) is 77.7 Å². The summed E-state index contributed by atoms with van der Waals surface area (Å²) >= 11 is 3.16. The highest BCUT2D eigenvalue weighted by atomic mass is 32.2. The molecule has 3 aromatic carbocycles. The minimum atomic E-state index is 0.0691. The van der Waals surface area contributed by atoms with E-state index in [-0.39, 0.29) is 5.91 Å². The van der Waals surface area contributed by atoms with Crippen molar-refractivity contribution in [2.24, 2.45) is 0 Å².